The molecule has 1 saturated heterocycles. The average Bonchev–Trinajstić information content (AvgIpc) is 2.62. The summed E-state index contributed by atoms with van der Waals surface area (Å²) in [4.78, 5) is 15.8. The highest BCUT2D eigenvalue weighted by atomic mass is 32.2. The molecule has 1 amide bonds. The maximum atomic E-state index is 12.2. The predicted octanol–water partition coefficient (Wildman–Crippen LogP) is 5.02. The molecule has 0 radical (unpaired) electrons. The lowest BCUT2D eigenvalue weighted by Crippen LogP contribution is -2.29. The fourth-order valence-electron chi connectivity index (χ4n) is 3.21. The summed E-state index contributed by atoms with van der Waals surface area (Å²) in [6.45, 7) is 6.45. The third-order valence-corrected chi connectivity index (χ3v) is 5.74. The van der Waals surface area contributed by atoms with Crippen LogP contribution in [0.15, 0.2) is 47.4 Å². The molecule has 132 valence electrons. The first kappa shape index (κ1) is 17.9. The standard InChI is InChI=1S/C21H26N2OS/c1-16-6-11-20(17(2)14-16)25-15-21(24)22-18-7-9-19(10-8-18)23-12-4-3-5-13-23/h6-11,14H,3-5,12-13,15H2,1-2H3,(H,22,24). The van der Waals surface area contributed by atoms with Crippen molar-refractivity contribution in [3.8, 4) is 0 Å². The first-order chi connectivity index (χ1) is 12.1. The third-order valence-electron chi connectivity index (χ3n) is 4.56. The van der Waals surface area contributed by atoms with E-state index in [-0.39, 0.29) is 5.91 Å². The van der Waals surface area contributed by atoms with Gasteiger partial charge in [-0.2, -0.15) is 0 Å². The van der Waals surface area contributed by atoms with Gasteiger partial charge in [-0.3, -0.25) is 4.79 Å². The predicted molar refractivity (Wildman–Crippen MR) is 108 cm³/mol. The van der Waals surface area contributed by atoms with Crippen LogP contribution in [0.1, 0.15) is 30.4 Å². The highest BCUT2D eigenvalue weighted by Gasteiger charge is 2.11. The minimum atomic E-state index is 0.0377. The molecule has 1 fully saturated rings. The Labute approximate surface area is 154 Å². The molecule has 1 N–H and O–H groups in total. The number of hydrogen-bond acceptors (Lipinski definition) is 3. The van der Waals surface area contributed by atoms with Crippen LogP contribution >= 0.6 is 11.8 Å². The lowest BCUT2D eigenvalue weighted by atomic mass is 10.1. The molecular weight excluding hydrogens is 328 g/mol. The van der Waals surface area contributed by atoms with Crippen molar-refractivity contribution < 1.29 is 4.79 Å². The minimum absolute atomic E-state index is 0.0377. The van der Waals surface area contributed by atoms with Gasteiger partial charge in [0.1, 0.15) is 0 Å². The summed E-state index contributed by atoms with van der Waals surface area (Å²) in [5.41, 5.74) is 4.60. The maximum absolute atomic E-state index is 12.2. The van der Waals surface area contributed by atoms with E-state index in [4.69, 9.17) is 0 Å². The summed E-state index contributed by atoms with van der Waals surface area (Å²) in [5, 5.41) is 2.99. The SMILES string of the molecule is Cc1ccc(SCC(=O)Nc2ccc(N3CCCCC3)cc2)c(C)c1. The molecule has 0 spiro atoms. The van der Waals surface area contributed by atoms with E-state index < -0.39 is 0 Å². The number of carbonyl (C=O) groups is 1. The van der Waals surface area contributed by atoms with E-state index in [1.807, 2.05) is 12.1 Å². The monoisotopic (exact) mass is 354 g/mol. The summed E-state index contributed by atoms with van der Waals surface area (Å²) < 4.78 is 0. The molecule has 2 aromatic rings. The molecule has 1 aliphatic rings. The van der Waals surface area contributed by atoms with Gasteiger partial charge in [-0.05, 0) is 69.0 Å². The lowest BCUT2D eigenvalue weighted by molar-refractivity contribution is -0.113. The first-order valence-electron chi connectivity index (χ1n) is 8.97. The van der Waals surface area contributed by atoms with Crippen molar-refractivity contribution in [1.82, 2.24) is 0 Å². The number of piperidine rings is 1. The lowest BCUT2D eigenvalue weighted by Gasteiger charge is -2.28. The van der Waals surface area contributed by atoms with Gasteiger partial charge in [0.25, 0.3) is 0 Å². The zero-order valence-corrected chi connectivity index (χ0v) is 15.9. The van der Waals surface area contributed by atoms with Gasteiger partial charge >= 0.3 is 0 Å². The summed E-state index contributed by atoms with van der Waals surface area (Å²) in [6.07, 6.45) is 3.88. The van der Waals surface area contributed by atoms with Crippen LogP contribution in [0.3, 0.4) is 0 Å². The van der Waals surface area contributed by atoms with Crippen molar-refractivity contribution in [3.05, 3.63) is 53.6 Å². The number of anilines is 2. The number of hydrogen-bond donors (Lipinski definition) is 1. The molecule has 0 aliphatic carbocycles. The number of aryl methyl sites for hydroxylation is 2. The second-order valence-electron chi connectivity index (χ2n) is 6.70. The molecule has 3 rings (SSSR count). The van der Waals surface area contributed by atoms with Crippen LogP contribution in [0, 0.1) is 13.8 Å². The summed E-state index contributed by atoms with van der Waals surface area (Å²) in [6, 6.07) is 14.6. The molecule has 2 aromatic carbocycles. The second-order valence-corrected chi connectivity index (χ2v) is 7.72. The molecular formula is C21H26N2OS. The molecule has 3 nitrogen and oxygen atoms in total. The second kappa shape index (κ2) is 8.43. The molecule has 25 heavy (non-hydrogen) atoms. The molecule has 0 bridgehead atoms. The highest BCUT2D eigenvalue weighted by Crippen LogP contribution is 2.24. The Balaban J connectivity index is 1.52. The fourth-order valence-corrected chi connectivity index (χ4v) is 4.02. The van der Waals surface area contributed by atoms with E-state index in [1.54, 1.807) is 11.8 Å². The third kappa shape index (κ3) is 5.02. The number of benzene rings is 2. The smallest absolute Gasteiger partial charge is 0.234 e. The van der Waals surface area contributed by atoms with Gasteiger partial charge in [-0.1, -0.05) is 17.7 Å². The quantitative estimate of drug-likeness (QED) is 0.765. The van der Waals surface area contributed by atoms with Crippen molar-refractivity contribution >= 4 is 29.0 Å². The van der Waals surface area contributed by atoms with Gasteiger partial charge in [0, 0.05) is 29.4 Å². The maximum Gasteiger partial charge on any atom is 0.234 e. The van der Waals surface area contributed by atoms with Gasteiger partial charge in [-0.25, -0.2) is 0 Å². The summed E-state index contributed by atoms with van der Waals surface area (Å²) >= 11 is 1.59. The largest absolute Gasteiger partial charge is 0.372 e. The molecule has 0 atom stereocenters. The van der Waals surface area contributed by atoms with Crippen LogP contribution in [0.2, 0.25) is 0 Å². The fraction of sp³-hybridized carbons (Fsp3) is 0.381. The van der Waals surface area contributed by atoms with Crippen LogP contribution in [0.5, 0.6) is 0 Å². The Hall–Kier alpha value is -1.94. The number of nitrogens with one attached hydrogen (secondary N) is 1. The number of thioether (sulfide) groups is 1. The average molecular weight is 355 g/mol. The number of amides is 1. The van der Waals surface area contributed by atoms with Crippen LogP contribution < -0.4 is 10.2 Å². The minimum Gasteiger partial charge on any atom is -0.372 e. The summed E-state index contributed by atoms with van der Waals surface area (Å²) in [7, 11) is 0. The van der Waals surface area contributed by atoms with Crippen molar-refractivity contribution in [3.63, 3.8) is 0 Å². The molecule has 4 heteroatoms. The van der Waals surface area contributed by atoms with E-state index in [0.717, 1.165) is 18.8 Å². The van der Waals surface area contributed by atoms with Gasteiger partial charge in [0.2, 0.25) is 5.91 Å². The van der Waals surface area contributed by atoms with Crippen molar-refractivity contribution in [1.29, 1.82) is 0 Å². The van der Waals surface area contributed by atoms with Crippen molar-refractivity contribution in [2.45, 2.75) is 38.0 Å². The Bertz CT molecular complexity index is 721. The van der Waals surface area contributed by atoms with Crippen molar-refractivity contribution in [2.75, 3.05) is 29.1 Å². The first-order valence-corrected chi connectivity index (χ1v) is 9.95. The van der Waals surface area contributed by atoms with Crippen LogP contribution in [0.25, 0.3) is 0 Å². The zero-order chi connectivity index (χ0) is 17.6. The van der Waals surface area contributed by atoms with Crippen LogP contribution in [-0.2, 0) is 4.79 Å². The molecule has 1 aliphatic heterocycles. The summed E-state index contributed by atoms with van der Waals surface area (Å²) in [5.74, 6) is 0.466. The van der Waals surface area contributed by atoms with E-state index in [9.17, 15) is 4.79 Å². The molecule has 0 unspecified atom stereocenters. The Morgan fingerprint density at radius 2 is 1.76 bits per heavy atom. The van der Waals surface area contributed by atoms with Gasteiger partial charge in [0.05, 0.1) is 5.75 Å². The van der Waals surface area contributed by atoms with Gasteiger partial charge in [0.15, 0.2) is 0 Å². The van der Waals surface area contributed by atoms with E-state index in [2.05, 4.69) is 54.4 Å². The van der Waals surface area contributed by atoms with E-state index in [0.29, 0.717) is 5.75 Å². The molecule has 0 saturated carbocycles. The Morgan fingerprint density at radius 1 is 1.04 bits per heavy atom. The van der Waals surface area contributed by atoms with Gasteiger partial charge < -0.3 is 10.2 Å². The molecule has 0 aromatic heterocycles. The normalized spacial score (nSPS) is 14.4. The topological polar surface area (TPSA) is 32.3 Å². The van der Waals surface area contributed by atoms with Crippen LogP contribution in [-0.4, -0.2) is 24.7 Å². The Kier molecular flexibility index (Phi) is 6.03. The number of carbonyl (C=O) groups excluding carboxylic acids is 1. The van der Waals surface area contributed by atoms with Crippen LogP contribution in [0.4, 0.5) is 11.4 Å². The zero-order valence-electron chi connectivity index (χ0n) is 15.0. The molecule has 1 heterocycles. The number of nitrogens with zero attached hydrogens (tertiary/aromatic N) is 1. The van der Waals surface area contributed by atoms with E-state index >= 15 is 0 Å². The van der Waals surface area contributed by atoms with Gasteiger partial charge in [-0.15, -0.1) is 11.8 Å². The Morgan fingerprint density at radius 3 is 2.44 bits per heavy atom. The highest BCUT2D eigenvalue weighted by molar-refractivity contribution is 8.00. The van der Waals surface area contributed by atoms with Crippen molar-refractivity contribution in [2.24, 2.45) is 0 Å². The van der Waals surface area contributed by atoms with E-state index in [1.165, 1.54) is 41.0 Å². The number of rotatable bonds is 5.